The maximum absolute atomic E-state index is 12.5. The number of carbonyl (C=O) groups excluding carboxylic acids is 2. The van der Waals surface area contributed by atoms with Crippen LogP contribution in [0.15, 0.2) is 47.7 Å². The number of hydrogen-bond donors (Lipinski definition) is 4. The third-order valence-corrected chi connectivity index (χ3v) is 5.70. The normalized spacial score (nSPS) is 22.2. The van der Waals surface area contributed by atoms with E-state index in [4.69, 9.17) is 5.73 Å². The molecular formula is C18H21N3O6S. The highest BCUT2D eigenvalue weighted by atomic mass is 32.2. The topological polar surface area (TPSA) is 164 Å². The number of hydrogen-bond acceptors (Lipinski definition) is 6. The predicted molar refractivity (Wildman–Crippen MR) is 103 cm³/mol. The number of carboxylic acids is 1. The summed E-state index contributed by atoms with van der Waals surface area (Å²) in [7, 11) is 0. The first-order valence-electron chi connectivity index (χ1n) is 8.24. The van der Waals surface area contributed by atoms with Gasteiger partial charge in [-0.1, -0.05) is 24.3 Å². The number of nitrogens with one attached hydrogen (secondary N) is 1. The highest BCUT2D eigenvalue weighted by Gasteiger charge is 2.54. The smallest absolute Gasteiger partial charge is 0.352 e. The van der Waals surface area contributed by atoms with E-state index in [0.717, 1.165) is 0 Å². The number of carbonyl (C=O) groups is 3. The Labute approximate surface area is 165 Å². The maximum atomic E-state index is 12.5. The molecule has 7 N–H and O–H groups in total. The molecule has 9 nitrogen and oxygen atoms in total. The average molecular weight is 407 g/mol. The Balaban J connectivity index is 0.00000280. The van der Waals surface area contributed by atoms with Gasteiger partial charge in [0.05, 0.1) is 0 Å². The number of rotatable bonds is 5. The van der Waals surface area contributed by atoms with E-state index in [9.17, 15) is 24.6 Å². The average Bonchev–Trinajstić information content (AvgIpc) is 2.65. The van der Waals surface area contributed by atoms with Gasteiger partial charge in [0.1, 0.15) is 28.9 Å². The van der Waals surface area contributed by atoms with Crippen LogP contribution >= 0.6 is 11.8 Å². The number of thioether (sulfide) groups is 1. The summed E-state index contributed by atoms with van der Waals surface area (Å²) in [5.41, 5.74) is 6.93. The zero-order valence-corrected chi connectivity index (χ0v) is 15.8. The number of nitrogens with zero attached hydrogens (tertiary/aromatic N) is 1. The summed E-state index contributed by atoms with van der Waals surface area (Å²) in [6, 6.07) is 4.06. The second-order valence-corrected chi connectivity index (χ2v) is 7.25. The molecule has 0 saturated carbocycles. The second-order valence-electron chi connectivity index (χ2n) is 6.14. The van der Waals surface area contributed by atoms with Gasteiger partial charge in [0.15, 0.2) is 0 Å². The van der Waals surface area contributed by atoms with E-state index in [-0.39, 0.29) is 16.9 Å². The molecule has 0 aromatic heterocycles. The molecule has 150 valence electrons. The summed E-state index contributed by atoms with van der Waals surface area (Å²) < 4.78 is 0. The molecule has 0 spiro atoms. The number of aliphatic carboxylic acids is 1. The fourth-order valence-electron chi connectivity index (χ4n) is 3.05. The van der Waals surface area contributed by atoms with Gasteiger partial charge in [-0.15, -0.1) is 11.8 Å². The predicted octanol–water partition coefficient (Wildman–Crippen LogP) is -0.118. The van der Waals surface area contributed by atoms with Crippen molar-refractivity contribution in [3.8, 4) is 5.75 Å². The Hall–Kier alpha value is -2.82. The summed E-state index contributed by atoms with van der Waals surface area (Å²) in [6.45, 7) is 1.77. The summed E-state index contributed by atoms with van der Waals surface area (Å²) in [4.78, 5) is 37.7. The lowest BCUT2D eigenvalue weighted by atomic mass is 10.0. The Bertz CT molecular complexity index is 851. The first-order chi connectivity index (χ1) is 12.8. The van der Waals surface area contributed by atoms with Crippen molar-refractivity contribution in [2.24, 2.45) is 5.73 Å². The minimum atomic E-state index is -1.17. The van der Waals surface area contributed by atoms with Crippen LogP contribution in [0.2, 0.25) is 0 Å². The molecule has 2 aliphatic rings. The first kappa shape index (κ1) is 21.5. The molecule has 1 fully saturated rings. The van der Waals surface area contributed by atoms with Crippen molar-refractivity contribution >= 4 is 29.5 Å². The molecular weight excluding hydrogens is 386 g/mol. The molecule has 0 bridgehead atoms. The Morgan fingerprint density at radius 1 is 1.36 bits per heavy atom. The molecule has 2 aliphatic heterocycles. The number of allylic oxidation sites excluding steroid dienone is 2. The molecule has 3 rings (SSSR count). The fourth-order valence-corrected chi connectivity index (χ4v) is 4.37. The Morgan fingerprint density at radius 2 is 2.00 bits per heavy atom. The van der Waals surface area contributed by atoms with Gasteiger partial charge in [-0.05, 0) is 30.2 Å². The zero-order chi connectivity index (χ0) is 19.7. The first-order valence-corrected chi connectivity index (χ1v) is 9.28. The number of amides is 2. The molecule has 1 aromatic rings. The standard InChI is InChI=1S/C18H19N3O5S.H2O/c1-2-3-10-8-27-17-13(16(24)21(17)14(10)18(25)26)20-15(23)12(19)9-4-6-11(22)7-5-9;/h2-7,12-13,17,22H,8,19H2,1H3,(H,20,23)(H,25,26);1H2/b3-2+;. The fraction of sp³-hybridized carbons (Fsp3) is 0.278. The molecule has 28 heavy (non-hydrogen) atoms. The maximum Gasteiger partial charge on any atom is 0.352 e. The van der Waals surface area contributed by atoms with Crippen molar-refractivity contribution in [1.29, 1.82) is 0 Å². The van der Waals surface area contributed by atoms with Crippen LogP contribution in [0, 0.1) is 0 Å². The van der Waals surface area contributed by atoms with E-state index in [0.29, 0.717) is 16.9 Å². The van der Waals surface area contributed by atoms with E-state index in [1.54, 1.807) is 19.1 Å². The molecule has 1 saturated heterocycles. The minimum Gasteiger partial charge on any atom is -0.508 e. The van der Waals surface area contributed by atoms with E-state index < -0.39 is 35.2 Å². The number of nitrogens with two attached hydrogens (primary N) is 1. The van der Waals surface area contributed by atoms with Gasteiger partial charge in [0, 0.05) is 5.75 Å². The van der Waals surface area contributed by atoms with Gasteiger partial charge in [-0.25, -0.2) is 4.79 Å². The molecule has 2 amide bonds. The van der Waals surface area contributed by atoms with Gasteiger partial charge in [0.2, 0.25) is 5.91 Å². The number of carboxylic acid groups (broad SMARTS) is 1. The van der Waals surface area contributed by atoms with Crippen LogP contribution < -0.4 is 11.1 Å². The molecule has 0 radical (unpaired) electrons. The van der Waals surface area contributed by atoms with Crippen molar-refractivity contribution in [2.45, 2.75) is 24.4 Å². The van der Waals surface area contributed by atoms with E-state index in [1.165, 1.54) is 40.9 Å². The monoisotopic (exact) mass is 407 g/mol. The number of benzene rings is 1. The summed E-state index contributed by atoms with van der Waals surface area (Å²) >= 11 is 1.39. The van der Waals surface area contributed by atoms with Crippen LogP contribution in [0.4, 0.5) is 0 Å². The van der Waals surface area contributed by atoms with Crippen molar-refractivity contribution in [2.75, 3.05) is 5.75 Å². The van der Waals surface area contributed by atoms with Gasteiger partial charge in [-0.3, -0.25) is 14.5 Å². The molecule has 1 aromatic carbocycles. The Morgan fingerprint density at radius 3 is 2.57 bits per heavy atom. The second kappa shape index (κ2) is 8.46. The lowest BCUT2D eigenvalue weighted by molar-refractivity contribution is -0.150. The molecule has 2 heterocycles. The van der Waals surface area contributed by atoms with Crippen LogP contribution in [-0.2, 0) is 14.4 Å². The third kappa shape index (κ3) is 3.75. The van der Waals surface area contributed by atoms with Crippen molar-refractivity contribution in [3.05, 3.63) is 53.3 Å². The van der Waals surface area contributed by atoms with E-state index >= 15 is 0 Å². The van der Waals surface area contributed by atoms with Crippen LogP contribution in [0.25, 0.3) is 0 Å². The van der Waals surface area contributed by atoms with Gasteiger partial charge >= 0.3 is 5.97 Å². The van der Waals surface area contributed by atoms with Crippen LogP contribution in [0.3, 0.4) is 0 Å². The van der Waals surface area contributed by atoms with E-state index in [2.05, 4.69) is 5.32 Å². The van der Waals surface area contributed by atoms with Crippen LogP contribution in [-0.4, -0.2) is 55.5 Å². The minimum absolute atomic E-state index is 0. The van der Waals surface area contributed by atoms with Crippen LogP contribution in [0.5, 0.6) is 5.75 Å². The van der Waals surface area contributed by atoms with Crippen molar-refractivity contribution in [3.63, 3.8) is 0 Å². The highest BCUT2D eigenvalue weighted by molar-refractivity contribution is 8.00. The van der Waals surface area contributed by atoms with Crippen LogP contribution in [0.1, 0.15) is 18.5 Å². The molecule has 3 unspecified atom stereocenters. The third-order valence-electron chi connectivity index (χ3n) is 4.40. The summed E-state index contributed by atoms with van der Waals surface area (Å²) in [5, 5.41) is 20.9. The quantitative estimate of drug-likeness (QED) is 0.494. The molecule has 0 aliphatic carbocycles. The SMILES string of the molecule is C/C=C/C1=C(C(=O)O)N2C(=O)C(NC(=O)C(N)c3ccc(O)cc3)C2SC1.O. The number of fused-ring (bicyclic) bond motifs is 1. The summed E-state index contributed by atoms with van der Waals surface area (Å²) in [5.74, 6) is -1.71. The largest absolute Gasteiger partial charge is 0.508 e. The zero-order valence-electron chi connectivity index (χ0n) is 15.0. The lowest BCUT2D eigenvalue weighted by Gasteiger charge is -2.49. The number of aromatic hydroxyl groups is 1. The highest BCUT2D eigenvalue weighted by Crippen LogP contribution is 2.40. The number of β-lactam (4-membered cyclic amide) rings is 1. The number of phenolic OH excluding ortho intramolecular Hbond substituents is 1. The summed E-state index contributed by atoms with van der Waals surface area (Å²) in [6.07, 6.45) is 3.39. The van der Waals surface area contributed by atoms with Gasteiger partial charge in [0.25, 0.3) is 5.91 Å². The van der Waals surface area contributed by atoms with E-state index in [1.807, 2.05) is 0 Å². The lowest BCUT2D eigenvalue weighted by Crippen LogP contribution is -2.71. The Kier molecular flexibility index (Phi) is 6.49. The van der Waals surface area contributed by atoms with Gasteiger partial charge in [-0.2, -0.15) is 0 Å². The van der Waals surface area contributed by atoms with Crippen molar-refractivity contribution in [1.82, 2.24) is 10.2 Å². The molecule has 3 atom stereocenters. The molecule has 10 heteroatoms. The number of phenols is 1. The van der Waals surface area contributed by atoms with Gasteiger partial charge < -0.3 is 26.7 Å². The van der Waals surface area contributed by atoms with Crippen molar-refractivity contribution < 1.29 is 30.1 Å².